The molecule has 0 radical (unpaired) electrons. The lowest BCUT2D eigenvalue weighted by molar-refractivity contribution is 0.430. The van der Waals surface area contributed by atoms with Crippen molar-refractivity contribution in [1.82, 2.24) is 4.72 Å². The second-order valence-corrected chi connectivity index (χ2v) is 3.36. The minimum atomic E-state index is -1.87. The Labute approximate surface area is 64.6 Å². The Morgan fingerprint density at radius 3 is 2.20 bits per heavy atom. The van der Waals surface area contributed by atoms with Gasteiger partial charge >= 0.3 is 0 Å². The minimum Gasteiger partial charge on any atom is -0.294 e. The van der Waals surface area contributed by atoms with Crippen LogP contribution in [0.3, 0.4) is 0 Å². The quantitative estimate of drug-likeness (QED) is 0.614. The standard InChI is InChI=1S/C6H15NO2S/c1-4-6(5(2)3)7-10(8)9/h5-7H,4H2,1-3H3,(H,8,9). The van der Waals surface area contributed by atoms with Gasteiger partial charge in [0.2, 0.25) is 11.3 Å². The van der Waals surface area contributed by atoms with E-state index in [-0.39, 0.29) is 6.04 Å². The normalized spacial score (nSPS) is 17.3. The Balaban J connectivity index is 3.71. The molecule has 0 aliphatic heterocycles. The molecule has 62 valence electrons. The van der Waals surface area contributed by atoms with Gasteiger partial charge in [0, 0.05) is 6.04 Å². The SMILES string of the molecule is CCC(NS(=O)O)C(C)C. The molecule has 2 atom stereocenters. The Bertz CT molecular complexity index is 116. The molecule has 0 rings (SSSR count). The summed E-state index contributed by atoms with van der Waals surface area (Å²) in [7, 11) is 0. The zero-order valence-corrected chi connectivity index (χ0v) is 7.44. The van der Waals surface area contributed by atoms with Gasteiger partial charge in [0.05, 0.1) is 0 Å². The van der Waals surface area contributed by atoms with Crippen molar-refractivity contribution in [3.05, 3.63) is 0 Å². The molecule has 0 saturated carbocycles. The van der Waals surface area contributed by atoms with Crippen molar-refractivity contribution in [3.8, 4) is 0 Å². The summed E-state index contributed by atoms with van der Waals surface area (Å²) in [4.78, 5) is 0. The molecular weight excluding hydrogens is 150 g/mol. The monoisotopic (exact) mass is 165 g/mol. The minimum absolute atomic E-state index is 0.144. The Morgan fingerprint density at radius 1 is 1.60 bits per heavy atom. The highest BCUT2D eigenvalue weighted by atomic mass is 32.2. The molecule has 0 spiro atoms. The average molecular weight is 165 g/mol. The zero-order chi connectivity index (χ0) is 8.15. The number of hydrogen-bond donors (Lipinski definition) is 2. The predicted molar refractivity (Wildman–Crippen MR) is 42.8 cm³/mol. The number of rotatable bonds is 4. The molecule has 10 heavy (non-hydrogen) atoms. The molecule has 2 unspecified atom stereocenters. The van der Waals surface area contributed by atoms with Crippen LogP contribution < -0.4 is 4.72 Å². The molecule has 0 bridgehead atoms. The molecule has 0 saturated heterocycles. The Morgan fingerprint density at radius 2 is 2.10 bits per heavy atom. The van der Waals surface area contributed by atoms with E-state index in [1.54, 1.807) is 0 Å². The summed E-state index contributed by atoms with van der Waals surface area (Å²) >= 11 is -1.87. The first-order valence-corrected chi connectivity index (χ1v) is 4.55. The molecule has 3 nitrogen and oxygen atoms in total. The van der Waals surface area contributed by atoms with Gasteiger partial charge in [-0.2, -0.15) is 0 Å². The van der Waals surface area contributed by atoms with E-state index in [4.69, 9.17) is 4.55 Å². The van der Waals surface area contributed by atoms with Crippen LogP contribution in [0.25, 0.3) is 0 Å². The number of hydrogen-bond acceptors (Lipinski definition) is 1. The molecule has 4 heteroatoms. The van der Waals surface area contributed by atoms with E-state index in [2.05, 4.69) is 4.72 Å². The molecule has 0 aliphatic carbocycles. The molecule has 0 aromatic carbocycles. The summed E-state index contributed by atoms with van der Waals surface area (Å²) in [5.74, 6) is 0.404. The first kappa shape index (κ1) is 10.1. The van der Waals surface area contributed by atoms with Gasteiger partial charge in [0.1, 0.15) is 0 Å². The molecule has 0 amide bonds. The van der Waals surface area contributed by atoms with E-state index in [9.17, 15) is 4.21 Å². The zero-order valence-electron chi connectivity index (χ0n) is 6.63. The summed E-state index contributed by atoms with van der Waals surface area (Å²) in [6.45, 7) is 6.03. The van der Waals surface area contributed by atoms with Gasteiger partial charge in [0.25, 0.3) is 0 Å². The van der Waals surface area contributed by atoms with Crippen LogP contribution in [0, 0.1) is 5.92 Å². The van der Waals surface area contributed by atoms with Gasteiger partial charge in [-0.15, -0.1) is 0 Å². The lowest BCUT2D eigenvalue weighted by Gasteiger charge is -2.17. The van der Waals surface area contributed by atoms with Crippen LogP contribution in [0.15, 0.2) is 0 Å². The highest BCUT2D eigenvalue weighted by Crippen LogP contribution is 2.04. The van der Waals surface area contributed by atoms with Gasteiger partial charge in [-0.1, -0.05) is 20.8 Å². The summed E-state index contributed by atoms with van der Waals surface area (Å²) < 4.78 is 21.3. The lowest BCUT2D eigenvalue weighted by atomic mass is 10.0. The maximum absolute atomic E-state index is 10.3. The Kier molecular flexibility index (Phi) is 4.85. The van der Waals surface area contributed by atoms with Crippen LogP contribution >= 0.6 is 0 Å². The molecular formula is C6H15NO2S. The van der Waals surface area contributed by atoms with Crippen LogP contribution in [0.2, 0.25) is 0 Å². The maximum atomic E-state index is 10.3. The first-order chi connectivity index (χ1) is 4.57. The molecule has 0 aromatic heterocycles. The molecule has 2 N–H and O–H groups in total. The average Bonchev–Trinajstić information content (AvgIpc) is 1.81. The van der Waals surface area contributed by atoms with Crippen LogP contribution in [-0.2, 0) is 11.3 Å². The van der Waals surface area contributed by atoms with E-state index < -0.39 is 11.3 Å². The molecule has 0 fully saturated rings. The van der Waals surface area contributed by atoms with Crippen LogP contribution in [0.1, 0.15) is 27.2 Å². The Hall–Kier alpha value is 0.0700. The highest BCUT2D eigenvalue weighted by Gasteiger charge is 2.11. The topological polar surface area (TPSA) is 49.3 Å². The van der Waals surface area contributed by atoms with E-state index >= 15 is 0 Å². The highest BCUT2D eigenvalue weighted by molar-refractivity contribution is 7.77. The van der Waals surface area contributed by atoms with Gasteiger partial charge < -0.3 is 0 Å². The van der Waals surface area contributed by atoms with Crippen LogP contribution in [-0.4, -0.2) is 14.8 Å². The third-order valence-electron chi connectivity index (χ3n) is 1.50. The summed E-state index contributed by atoms with van der Waals surface area (Å²) in [6, 6.07) is 0.144. The molecule has 0 heterocycles. The lowest BCUT2D eigenvalue weighted by Crippen LogP contribution is -2.34. The van der Waals surface area contributed by atoms with Gasteiger partial charge in [-0.05, 0) is 12.3 Å². The van der Waals surface area contributed by atoms with Crippen molar-refractivity contribution in [3.63, 3.8) is 0 Å². The third kappa shape index (κ3) is 3.98. The van der Waals surface area contributed by atoms with Crippen LogP contribution in [0.4, 0.5) is 0 Å². The van der Waals surface area contributed by atoms with Crippen molar-refractivity contribution < 1.29 is 8.76 Å². The number of nitrogens with one attached hydrogen (secondary N) is 1. The summed E-state index contributed by atoms with van der Waals surface area (Å²) in [5, 5.41) is 0. The molecule has 0 aliphatic rings. The van der Waals surface area contributed by atoms with E-state index in [1.807, 2.05) is 20.8 Å². The van der Waals surface area contributed by atoms with E-state index in [0.717, 1.165) is 6.42 Å². The van der Waals surface area contributed by atoms with Gasteiger partial charge in [-0.3, -0.25) is 4.55 Å². The fourth-order valence-corrected chi connectivity index (χ4v) is 1.52. The summed E-state index contributed by atoms with van der Waals surface area (Å²) in [6.07, 6.45) is 0.879. The summed E-state index contributed by atoms with van der Waals surface area (Å²) in [5.41, 5.74) is 0. The second kappa shape index (κ2) is 4.82. The smallest absolute Gasteiger partial charge is 0.231 e. The molecule has 0 aromatic rings. The second-order valence-electron chi connectivity index (χ2n) is 2.63. The van der Waals surface area contributed by atoms with Crippen molar-refractivity contribution in [2.24, 2.45) is 5.92 Å². The fraction of sp³-hybridized carbons (Fsp3) is 1.00. The third-order valence-corrected chi connectivity index (χ3v) is 2.00. The van der Waals surface area contributed by atoms with Crippen LogP contribution in [0.5, 0.6) is 0 Å². The fourth-order valence-electron chi connectivity index (χ4n) is 0.820. The van der Waals surface area contributed by atoms with E-state index in [0.29, 0.717) is 5.92 Å². The maximum Gasteiger partial charge on any atom is 0.231 e. The van der Waals surface area contributed by atoms with Crippen molar-refractivity contribution in [1.29, 1.82) is 0 Å². The largest absolute Gasteiger partial charge is 0.294 e. The first-order valence-electron chi connectivity index (χ1n) is 3.45. The predicted octanol–water partition coefficient (Wildman–Crippen LogP) is 1.15. The van der Waals surface area contributed by atoms with Crippen molar-refractivity contribution in [2.75, 3.05) is 0 Å². The van der Waals surface area contributed by atoms with Crippen molar-refractivity contribution in [2.45, 2.75) is 33.2 Å². The van der Waals surface area contributed by atoms with E-state index in [1.165, 1.54) is 0 Å². The van der Waals surface area contributed by atoms with Crippen molar-refractivity contribution >= 4 is 11.3 Å². The van der Waals surface area contributed by atoms with Gasteiger partial charge in [0.15, 0.2) is 0 Å². The van der Waals surface area contributed by atoms with Gasteiger partial charge in [-0.25, -0.2) is 8.93 Å².